The maximum Gasteiger partial charge on any atom is 0.291 e. The quantitative estimate of drug-likeness (QED) is 0.124. The lowest BCUT2D eigenvalue weighted by molar-refractivity contribution is -0.198. The highest BCUT2D eigenvalue weighted by Crippen LogP contribution is 2.48. The van der Waals surface area contributed by atoms with Gasteiger partial charge < -0.3 is 30.4 Å². The standard InChI is InChI=1S/C22H25F2NO3.C6H12N2.C6H13NO2/c1-3-17(5-4-16(2)14-26)18-6-7-20-19(12-18)13-22(23,24)21(28-20)8-10-25(15-27)11-9-21;1-5(2)6(7)4-8-3;1-7-2-6(3-8)4-9-5-6/h3-7,12,14,27H,1,8-11,13,15H2,2H3;5,7H,3-4H2,1-2H3;7-8H,2-5H2,1H3/b16-4+,17-5+;;. The lowest BCUT2D eigenvalue weighted by Gasteiger charge is -2.48. The number of piperidine rings is 1. The Hall–Kier alpha value is -3.09. The largest absolute Gasteiger partial charge is 0.481 e. The van der Waals surface area contributed by atoms with Crippen LogP contribution >= 0.6 is 0 Å². The van der Waals surface area contributed by atoms with Crippen molar-refractivity contribution in [2.45, 2.75) is 51.6 Å². The predicted molar refractivity (Wildman–Crippen MR) is 176 cm³/mol. The molecule has 0 bridgehead atoms. The molecule has 1 spiro atoms. The van der Waals surface area contributed by atoms with Crippen molar-refractivity contribution >= 4 is 24.3 Å². The number of carbonyl (C=O) groups excluding carboxylic acids is 1. The van der Waals surface area contributed by atoms with Crippen molar-refractivity contribution < 1.29 is 33.3 Å². The van der Waals surface area contributed by atoms with Gasteiger partial charge >= 0.3 is 0 Å². The molecule has 250 valence electrons. The Balaban J connectivity index is 0.000000338. The molecule has 0 amide bonds. The third-order valence-electron chi connectivity index (χ3n) is 8.26. The highest BCUT2D eigenvalue weighted by molar-refractivity contribution is 5.85. The van der Waals surface area contributed by atoms with Gasteiger partial charge in [-0.15, -0.1) is 0 Å². The Kier molecular flexibility index (Phi) is 14.9. The Morgan fingerprint density at radius 2 is 1.89 bits per heavy atom. The number of likely N-dealkylation sites (tertiary alicyclic amines) is 1. The molecular formula is C34H50F2N4O5. The van der Waals surface area contributed by atoms with E-state index in [1.807, 2.05) is 27.0 Å². The number of aldehydes is 1. The van der Waals surface area contributed by atoms with Crippen molar-refractivity contribution in [2.24, 2.45) is 16.3 Å². The maximum absolute atomic E-state index is 15.1. The van der Waals surface area contributed by atoms with Crippen LogP contribution in [0.15, 0.2) is 53.6 Å². The number of aliphatic hydroxyl groups is 2. The molecule has 0 radical (unpaired) electrons. The second-order valence-electron chi connectivity index (χ2n) is 12.2. The van der Waals surface area contributed by atoms with Gasteiger partial charge in [-0.25, -0.2) is 8.78 Å². The highest BCUT2D eigenvalue weighted by atomic mass is 19.3. The van der Waals surface area contributed by atoms with E-state index < -0.39 is 11.5 Å². The number of hydrogen-bond donors (Lipinski definition) is 4. The molecule has 1 aromatic rings. The molecule has 0 aliphatic carbocycles. The zero-order valence-corrected chi connectivity index (χ0v) is 27.1. The van der Waals surface area contributed by atoms with E-state index in [0.717, 1.165) is 24.0 Å². The molecule has 2 saturated heterocycles. The number of carbonyl (C=O) groups is 1. The van der Waals surface area contributed by atoms with Crippen LogP contribution in [-0.4, -0.2) is 105 Å². The van der Waals surface area contributed by atoms with Gasteiger partial charge in [0.25, 0.3) is 5.92 Å². The normalized spacial score (nSPS) is 19.8. The Morgan fingerprint density at radius 1 is 1.22 bits per heavy atom. The molecule has 9 nitrogen and oxygen atoms in total. The second kappa shape index (κ2) is 17.6. The van der Waals surface area contributed by atoms with Gasteiger partial charge in [0.1, 0.15) is 12.0 Å². The van der Waals surface area contributed by atoms with Crippen LogP contribution < -0.4 is 10.1 Å². The van der Waals surface area contributed by atoms with E-state index in [9.17, 15) is 9.90 Å². The monoisotopic (exact) mass is 632 g/mol. The number of nitrogens with one attached hydrogen (secondary N) is 2. The van der Waals surface area contributed by atoms with Gasteiger partial charge in [-0.1, -0.05) is 44.7 Å². The minimum atomic E-state index is -2.99. The molecule has 0 unspecified atom stereocenters. The highest BCUT2D eigenvalue weighted by Gasteiger charge is 2.59. The summed E-state index contributed by atoms with van der Waals surface area (Å²) in [6, 6.07) is 5.25. The van der Waals surface area contributed by atoms with Gasteiger partial charge in [0.05, 0.1) is 38.5 Å². The maximum atomic E-state index is 15.1. The van der Waals surface area contributed by atoms with E-state index in [-0.39, 0.29) is 38.0 Å². The number of rotatable bonds is 11. The predicted octanol–water partition coefficient (Wildman–Crippen LogP) is 4.33. The molecule has 3 aliphatic heterocycles. The van der Waals surface area contributed by atoms with Gasteiger partial charge in [-0.05, 0) is 55.4 Å². The van der Waals surface area contributed by atoms with E-state index in [0.29, 0.717) is 61.4 Å². The first-order valence-electron chi connectivity index (χ1n) is 15.2. The number of allylic oxidation sites excluding steroid dienone is 5. The molecule has 3 aliphatic rings. The van der Waals surface area contributed by atoms with Crippen LogP contribution in [0.1, 0.15) is 44.7 Å². The molecule has 0 aromatic heterocycles. The summed E-state index contributed by atoms with van der Waals surface area (Å²) in [6.45, 7) is 16.3. The molecule has 2 fully saturated rings. The van der Waals surface area contributed by atoms with Crippen molar-refractivity contribution in [3.8, 4) is 5.75 Å². The first-order valence-corrected chi connectivity index (χ1v) is 15.2. The number of nitrogens with zero attached hydrogens (tertiary/aromatic N) is 2. The summed E-state index contributed by atoms with van der Waals surface area (Å²) in [7, 11) is 1.88. The fraction of sp³-hybridized carbons (Fsp3) is 0.559. The number of halogens is 2. The van der Waals surface area contributed by atoms with Gasteiger partial charge in [-0.2, -0.15) is 0 Å². The molecule has 4 N–H and O–H groups in total. The molecule has 45 heavy (non-hydrogen) atoms. The average molecular weight is 633 g/mol. The molecule has 0 atom stereocenters. The Morgan fingerprint density at radius 3 is 2.31 bits per heavy atom. The van der Waals surface area contributed by atoms with Gasteiger partial charge in [0, 0.05) is 50.2 Å². The summed E-state index contributed by atoms with van der Waals surface area (Å²) < 4.78 is 41.0. The van der Waals surface area contributed by atoms with E-state index in [2.05, 4.69) is 23.6 Å². The first-order chi connectivity index (χ1) is 21.3. The van der Waals surface area contributed by atoms with Crippen molar-refractivity contribution in [3.05, 3.63) is 59.7 Å². The van der Waals surface area contributed by atoms with E-state index in [1.54, 1.807) is 42.2 Å². The molecule has 1 aromatic carbocycles. The molecule has 3 heterocycles. The van der Waals surface area contributed by atoms with Crippen LogP contribution in [-0.2, 0) is 16.0 Å². The number of aliphatic imine (C=N–C) groups is 1. The fourth-order valence-corrected chi connectivity index (χ4v) is 5.07. The van der Waals surface area contributed by atoms with Crippen LogP contribution in [0.25, 0.3) is 5.57 Å². The zero-order valence-electron chi connectivity index (χ0n) is 27.1. The average Bonchev–Trinajstić information content (AvgIpc) is 3.00. The van der Waals surface area contributed by atoms with Crippen molar-refractivity contribution in [2.75, 3.05) is 59.8 Å². The fourth-order valence-electron chi connectivity index (χ4n) is 5.07. The topological polar surface area (TPSA) is 127 Å². The number of fused-ring (bicyclic) bond motifs is 1. The molecule has 0 saturated carbocycles. The smallest absolute Gasteiger partial charge is 0.291 e. The summed E-state index contributed by atoms with van der Waals surface area (Å²) in [6.07, 6.45) is 5.75. The summed E-state index contributed by atoms with van der Waals surface area (Å²) in [5.41, 5.74) is 1.67. The third kappa shape index (κ3) is 10.2. The minimum absolute atomic E-state index is 0.0365. The zero-order chi connectivity index (χ0) is 33.7. The van der Waals surface area contributed by atoms with E-state index in [1.165, 1.54) is 0 Å². The Labute approximate surface area is 266 Å². The van der Waals surface area contributed by atoms with Crippen LogP contribution in [0.4, 0.5) is 8.78 Å². The van der Waals surface area contributed by atoms with Crippen molar-refractivity contribution in [1.29, 1.82) is 5.41 Å². The van der Waals surface area contributed by atoms with E-state index in [4.69, 9.17) is 20.0 Å². The number of ether oxygens (including phenoxy) is 2. The summed E-state index contributed by atoms with van der Waals surface area (Å²) in [5.74, 6) is -2.19. The van der Waals surface area contributed by atoms with Crippen LogP contribution in [0.3, 0.4) is 0 Å². The van der Waals surface area contributed by atoms with Gasteiger partial charge in [-0.3, -0.25) is 14.7 Å². The minimum Gasteiger partial charge on any atom is -0.481 e. The molecule has 11 heteroatoms. The van der Waals surface area contributed by atoms with Gasteiger partial charge in [0.15, 0.2) is 5.60 Å². The molecular weight excluding hydrogens is 582 g/mol. The van der Waals surface area contributed by atoms with Crippen LogP contribution in [0.2, 0.25) is 0 Å². The number of aliphatic hydroxyl groups excluding tert-OH is 2. The second-order valence-corrected chi connectivity index (χ2v) is 12.2. The lowest BCUT2D eigenvalue weighted by Crippen LogP contribution is -2.61. The summed E-state index contributed by atoms with van der Waals surface area (Å²) in [4.78, 5) is 16.1. The first kappa shape index (κ1) is 38.1. The van der Waals surface area contributed by atoms with E-state index >= 15 is 8.78 Å². The Bertz CT molecular complexity index is 1210. The van der Waals surface area contributed by atoms with Gasteiger partial charge in [0.2, 0.25) is 0 Å². The SMILES string of the molecule is C=C/C(=C\C=C(/C)C=O)c1ccc2c(c1)CC(F)(F)C1(CCN(CO)CC1)O2.C=NCC(=N)C(C)C.CNCC1(CO)COC1. The molecule has 4 rings (SSSR count). The number of alkyl halides is 2. The number of hydrogen-bond acceptors (Lipinski definition) is 9. The van der Waals surface area contributed by atoms with Crippen LogP contribution in [0, 0.1) is 16.7 Å². The number of benzene rings is 1. The van der Waals surface area contributed by atoms with Crippen molar-refractivity contribution in [1.82, 2.24) is 10.2 Å². The van der Waals surface area contributed by atoms with Crippen molar-refractivity contribution in [3.63, 3.8) is 0 Å². The third-order valence-corrected chi connectivity index (χ3v) is 8.26. The van der Waals surface area contributed by atoms with Crippen LogP contribution in [0.5, 0.6) is 5.75 Å². The lowest BCUT2D eigenvalue weighted by atomic mass is 9.79. The summed E-state index contributed by atoms with van der Waals surface area (Å²) in [5, 5.41) is 28.3. The summed E-state index contributed by atoms with van der Waals surface area (Å²) >= 11 is 0.